The van der Waals surface area contributed by atoms with Crippen LogP contribution < -0.4 is 15.4 Å². The van der Waals surface area contributed by atoms with Crippen molar-refractivity contribution >= 4 is 17.8 Å². The van der Waals surface area contributed by atoms with Crippen molar-refractivity contribution in [1.29, 1.82) is 0 Å². The summed E-state index contributed by atoms with van der Waals surface area (Å²) in [7, 11) is 0. The van der Waals surface area contributed by atoms with Crippen LogP contribution in [-0.4, -0.2) is 42.1 Å². The maximum absolute atomic E-state index is 13.2. The maximum Gasteiger partial charge on any atom is 0.306 e. The largest absolute Gasteiger partial charge is 0.490 e. The van der Waals surface area contributed by atoms with Crippen molar-refractivity contribution in [2.45, 2.75) is 31.8 Å². The Bertz CT molecular complexity index is 1240. The highest BCUT2D eigenvalue weighted by atomic mass is 19.1. The molecule has 0 spiro atoms. The van der Waals surface area contributed by atoms with Gasteiger partial charge in [0.15, 0.2) is 0 Å². The third kappa shape index (κ3) is 7.16. The summed E-state index contributed by atoms with van der Waals surface area (Å²) in [5.74, 6) is -1.24. The monoisotopic (exact) mass is 504 g/mol. The molecule has 1 aliphatic carbocycles. The molecule has 3 aromatic carbocycles. The van der Waals surface area contributed by atoms with Gasteiger partial charge in [-0.05, 0) is 85.3 Å². The molecule has 8 heteroatoms. The van der Waals surface area contributed by atoms with Gasteiger partial charge in [0.1, 0.15) is 11.6 Å². The lowest BCUT2D eigenvalue weighted by Crippen LogP contribution is -2.34. The van der Waals surface area contributed by atoms with E-state index in [0.717, 1.165) is 11.1 Å². The smallest absolute Gasteiger partial charge is 0.306 e. The molecule has 0 aliphatic heterocycles. The van der Waals surface area contributed by atoms with Crippen LogP contribution in [0, 0.1) is 11.7 Å². The predicted octanol–water partition coefficient (Wildman–Crippen LogP) is 4.67. The minimum absolute atomic E-state index is 0.0183. The standard InChI is InChI=1S/C29H29FN2O5/c30-24-10-4-19(5-11-24)22-2-1-3-23(18-22)28(34)32-17-16-31-27(33)20-6-12-25(13-7-20)37-26-14-8-21(9-15-26)29(35)36/h1-7,10-13,18,21,26H,8-9,14-17H2,(H,31,33)(H,32,34)(H,35,36). The van der Waals surface area contributed by atoms with Gasteiger partial charge in [-0.25, -0.2) is 4.39 Å². The van der Waals surface area contributed by atoms with Crippen LogP contribution in [0.25, 0.3) is 11.1 Å². The number of hydrogen-bond acceptors (Lipinski definition) is 4. The van der Waals surface area contributed by atoms with Crippen LogP contribution in [-0.2, 0) is 4.79 Å². The number of nitrogens with one attached hydrogen (secondary N) is 2. The highest BCUT2D eigenvalue weighted by Crippen LogP contribution is 2.28. The second-order valence-electron chi connectivity index (χ2n) is 9.05. The number of aliphatic carboxylic acids is 1. The normalized spacial score (nSPS) is 17.0. The lowest BCUT2D eigenvalue weighted by Gasteiger charge is -2.26. The van der Waals surface area contributed by atoms with Gasteiger partial charge in [-0.2, -0.15) is 0 Å². The molecule has 0 heterocycles. The van der Waals surface area contributed by atoms with Crippen LogP contribution in [0.3, 0.4) is 0 Å². The second-order valence-corrected chi connectivity index (χ2v) is 9.05. The van der Waals surface area contributed by atoms with E-state index in [0.29, 0.717) is 42.6 Å². The molecule has 0 radical (unpaired) electrons. The van der Waals surface area contributed by atoms with E-state index in [-0.39, 0.29) is 42.7 Å². The van der Waals surface area contributed by atoms with Gasteiger partial charge in [0.25, 0.3) is 11.8 Å². The van der Waals surface area contributed by atoms with Gasteiger partial charge in [-0.1, -0.05) is 24.3 Å². The zero-order valence-electron chi connectivity index (χ0n) is 20.3. The minimum atomic E-state index is -0.746. The number of carboxylic acid groups (broad SMARTS) is 1. The van der Waals surface area contributed by atoms with Crippen LogP contribution in [0.15, 0.2) is 72.8 Å². The fourth-order valence-electron chi connectivity index (χ4n) is 4.34. The summed E-state index contributed by atoms with van der Waals surface area (Å²) in [6.07, 6.45) is 2.59. The molecule has 3 N–H and O–H groups in total. The molecule has 192 valence electrons. The average Bonchev–Trinajstić information content (AvgIpc) is 2.92. The van der Waals surface area contributed by atoms with Crippen LogP contribution in [0.1, 0.15) is 46.4 Å². The summed E-state index contributed by atoms with van der Waals surface area (Å²) >= 11 is 0. The Morgan fingerprint density at radius 1 is 0.784 bits per heavy atom. The van der Waals surface area contributed by atoms with E-state index in [1.165, 1.54) is 12.1 Å². The number of ether oxygens (including phenoxy) is 1. The first-order valence-electron chi connectivity index (χ1n) is 12.3. The Hall–Kier alpha value is -4.20. The summed E-state index contributed by atoms with van der Waals surface area (Å²) in [5, 5.41) is 14.7. The number of carboxylic acids is 1. The Kier molecular flexibility index (Phi) is 8.51. The molecule has 0 bridgehead atoms. The third-order valence-electron chi connectivity index (χ3n) is 6.44. The predicted molar refractivity (Wildman–Crippen MR) is 137 cm³/mol. The number of hydrogen-bond donors (Lipinski definition) is 3. The van der Waals surface area contributed by atoms with E-state index in [1.807, 2.05) is 6.07 Å². The molecule has 1 aliphatic rings. The van der Waals surface area contributed by atoms with Crippen LogP contribution in [0.2, 0.25) is 0 Å². The summed E-state index contributed by atoms with van der Waals surface area (Å²) < 4.78 is 19.1. The van der Waals surface area contributed by atoms with Gasteiger partial charge < -0.3 is 20.5 Å². The molecule has 0 atom stereocenters. The van der Waals surface area contributed by atoms with E-state index in [2.05, 4.69) is 10.6 Å². The number of carbonyl (C=O) groups excluding carboxylic acids is 2. The summed E-state index contributed by atoms with van der Waals surface area (Å²) in [6.45, 7) is 0.513. The molecule has 2 amide bonds. The highest BCUT2D eigenvalue weighted by Gasteiger charge is 2.26. The van der Waals surface area contributed by atoms with Crippen LogP contribution in [0.4, 0.5) is 4.39 Å². The molecule has 7 nitrogen and oxygen atoms in total. The first kappa shape index (κ1) is 25.9. The second kappa shape index (κ2) is 12.2. The Labute approximate surface area is 214 Å². The van der Waals surface area contributed by atoms with Gasteiger partial charge in [0.05, 0.1) is 12.0 Å². The maximum atomic E-state index is 13.2. The fourth-order valence-corrected chi connectivity index (χ4v) is 4.34. The fraction of sp³-hybridized carbons (Fsp3) is 0.276. The van der Waals surface area contributed by atoms with Gasteiger partial charge >= 0.3 is 5.97 Å². The molecule has 3 aromatic rings. The molecule has 37 heavy (non-hydrogen) atoms. The number of benzene rings is 3. The van der Waals surface area contributed by atoms with Crippen molar-refractivity contribution in [3.8, 4) is 16.9 Å². The Balaban J connectivity index is 1.20. The lowest BCUT2D eigenvalue weighted by atomic mass is 9.87. The molecule has 0 unspecified atom stereocenters. The van der Waals surface area contributed by atoms with E-state index in [9.17, 15) is 18.8 Å². The summed E-state index contributed by atoms with van der Waals surface area (Å²) in [4.78, 5) is 36.0. The van der Waals surface area contributed by atoms with Gasteiger partial charge in [-0.3, -0.25) is 14.4 Å². The van der Waals surface area contributed by atoms with Gasteiger partial charge in [0.2, 0.25) is 0 Å². The van der Waals surface area contributed by atoms with Crippen molar-refractivity contribution in [3.05, 3.63) is 89.7 Å². The third-order valence-corrected chi connectivity index (χ3v) is 6.44. The van der Waals surface area contributed by atoms with Crippen molar-refractivity contribution in [1.82, 2.24) is 10.6 Å². The summed E-state index contributed by atoms with van der Waals surface area (Å²) in [5.41, 5.74) is 2.56. The molecule has 0 aromatic heterocycles. The SMILES string of the molecule is O=C(NCCNC(=O)c1cccc(-c2ccc(F)cc2)c1)c1ccc(OC2CCC(C(=O)O)CC2)cc1. The van der Waals surface area contributed by atoms with E-state index < -0.39 is 5.97 Å². The van der Waals surface area contributed by atoms with Crippen molar-refractivity contribution in [3.63, 3.8) is 0 Å². The zero-order valence-corrected chi connectivity index (χ0v) is 20.3. The van der Waals surface area contributed by atoms with Crippen molar-refractivity contribution in [2.24, 2.45) is 5.92 Å². The van der Waals surface area contributed by atoms with E-state index >= 15 is 0 Å². The molecule has 1 fully saturated rings. The number of carbonyl (C=O) groups is 3. The number of amides is 2. The van der Waals surface area contributed by atoms with Crippen LogP contribution >= 0.6 is 0 Å². The molecular weight excluding hydrogens is 475 g/mol. The first-order valence-corrected chi connectivity index (χ1v) is 12.3. The molecule has 1 saturated carbocycles. The number of halogens is 1. The first-order chi connectivity index (χ1) is 17.9. The quantitative estimate of drug-likeness (QED) is 0.367. The molecule has 4 rings (SSSR count). The topological polar surface area (TPSA) is 105 Å². The summed E-state index contributed by atoms with van der Waals surface area (Å²) in [6, 6.07) is 19.9. The van der Waals surface area contributed by atoms with Crippen molar-refractivity contribution in [2.75, 3.05) is 13.1 Å². The van der Waals surface area contributed by atoms with Gasteiger partial charge in [-0.15, -0.1) is 0 Å². The molecule has 0 saturated heterocycles. The number of rotatable bonds is 9. The Morgan fingerprint density at radius 2 is 1.41 bits per heavy atom. The minimum Gasteiger partial charge on any atom is -0.490 e. The Morgan fingerprint density at radius 3 is 2.03 bits per heavy atom. The van der Waals surface area contributed by atoms with Gasteiger partial charge in [0, 0.05) is 24.2 Å². The van der Waals surface area contributed by atoms with Crippen molar-refractivity contribution < 1.29 is 28.6 Å². The van der Waals surface area contributed by atoms with E-state index in [4.69, 9.17) is 9.84 Å². The molecular formula is C29H29FN2O5. The van der Waals surface area contributed by atoms with E-state index in [1.54, 1.807) is 54.6 Å². The van der Waals surface area contributed by atoms with Crippen LogP contribution in [0.5, 0.6) is 5.75 Å². The highest BCUT2D eigenvalue weighted by molar-refractivity contribution is 5.96. The average molecular weight is 505 g/mol. The zero-order chi connectivity index (χ0) is 26.2. The lowest BCUT2D eigenvalue weighted by molar-refractivity contribution is -0.143.